The number of hydrogen-bond donors (Lipinski definition) is 1. The van der Waals surface area contributed by atoms with Crippen LogP contribution in [0.15, 0.2) is 42.7 Å². The maximum atomic E-state index is 12.5. The highest BCUT2D eigenvalue weighted by molar-refractivity contribution is 5.79. The molecule has 122 valence electrons. The zero-order valence-electron chi connectivity index (χ0n) is 13.1. The highest BCUT2D eigenvalue weighted by Crippen LogP contribution is 2.21. The number of aliphatic hydroxyl groups excluding tert-OH is 1. The molecule has 1 saturated heterocycles. The second kappa shape index (κ2) is 6.93. The standard InChI is InChI=1S/C17H21N3O3/c1-23-16-8-15(12-21)19(11-16)17(22)7-13-9-18-20(10-13)14-5-3-2-4-6-14/h2-6,9-10,15-16,21H,7-8,11-12H2,1H3/t15-,16+/m0/s1. The predicted octanol–water partition coefficient (Wildman–Crippen LogP) is 1.02. The van der Waals surface area contributed by atoms with Gasteiger partial charge in [0.25, 0.3) is 0 Å². The number of rotatable bonds is 5. The van der Waals surface area contributed by atoms with E-state index < -0.39 is 0 Å². The summed E-state index contributed by atoms with van der Waals surface area (Å²) >= 11 is 0. The number of amides is 1. The molecule has 1 amide bonds. The smallest absolute Gasteiger partial charge is 0.227 e. The molecular weight excluding hydrogens is 294 g/mol. The zero-order valence-corrected chi connectivity index (χ0v) is 13.1. The maximum absolute atomic E-state index is 12.5. The number of ether oxygens (including phenoxy) is 1. The quantitative estimate of drug-likeness (QED) is 0.894. The minimum absolute atomic E-state index is 0.00291. The van der Waals surface area contributed by atoms with E-state index in [1.165, 1.54) is 0 Å². The van der Waals surface area contributed by atoms with Crippen molar-refractivity contribution in [2.24, 2.45) is 0 Å². The second-order valence-electron chi connectivity index (χ2n) is 5.78. The van der Waals surface area contributed by atoms with Gasteiger partial charge in [0, 0.05) is 19.9 Å². The fourth-order valence-electron chi connectivity index (χ4n) is 2.97. The average Bonchev–Trinajstić information content (AvgIpc) is 3.22. The number of carbonyl (C=O) groups is 1. The van der Waals surface area contributed by atoms with Crippen LogP contribution in [0.2, 0.25) is 0 Å². The topological polar surface area (TPSA) is 67.6 Å². The van der Waals surface area contributed by atoms with Crippen LogP contribution in [0.25, 0.3) is 5.69 Å². The van der Waals surface area contributed by atoms with Crippen molar-refractivity contribution in [2.45, 2.75) is 25.0 Å². The van der Waals surface area contributed by atoms with Gasteiger partial charge in [-0.05, 0) is 24.1 Å². The molecule has 6 nitrogen and oxygen atoms in total. The number of carbonyl (C=O) groups excluding carboxylic acids is 1. The van der Waals surface area contributed by atoms with E-state index in [9.17, 15) is 9.90 Å². The van der Waals surface area contributed by atoms with Gasteiger partial charge in [-0.1, -0.05) is 18.2 Å². The highest BCUT2D eigenvalue weighted by Gasteiger charge is 2.34. The molecule has 1 aromatic carbocycles. The van der Waals surface area contributed by atoms with Crippen LogP contribution in [-0.4, -0.2) is 58.1 Å². The lowest BCUT2D eigenvalue weighted by Gasteiger charge is -2.22. The molecule has 0 bridgehead atoms. The van der Waals surface area contributed by atoms with Gasteiger partial charge in [0.05, 0.1) is 37.1 Å². The number of nitrogens with zero attached hydrogens (tertiary/aromatic N) is 3. The Morgan fingerprint density at radius 1 is 1.39 bits per heavy atom. The molecule has 3 rings (SSSR count). The van der Waals surface area contributed by atoms with E-state index in [0.29, 0.717) is 13.0 Å². The molecule has 2 heterocycles. The zero-order chi connectivity index (χ0) is 16.2. The largest absolute Gasteiger partial charge is 0.394 e. The SMILES string of the molecule is CO[C@@H]1C[C@@H](CO)N(C(=O)Cc2cnn(-c3ccccc3)c2)C1. The van der Waals surface area contributed by atoms with E-state index in [4.69, 9.17) is 4.74 Å². The Kier molecular flexibility index (Phi) is 4.73. The summed E-state index contributed by atoms with van der Waals surface area (Å²) in [5.74, 6) is -0.00351. The third-order valence-electron chi connectivity index (χ3n) is 4.25. The molecule has 1 aromatic heterocycles. The van der Waals surface area contributed by atoms with Crippen molar-refractivity contribution in [3.8, 4) is 5.69 Å². The monoisotopic (exact) mass is 315 g/mol. The molecule has 6 heteroatoms. The Labute approximate surface area is 135 Å². The van der Waals surface area contributed by atoms with Crippen molar-refractivity contribution in [2.75, 3.05) is 20.3 Å². The fraction of sp³-hybridized carbons (Fsp3) is 0.412. The Bertz CT molecular complexity index is 656. The van der Waals surface area contributed by atoms with Gasteiger partial charge in [-0.15, -0.1) is 0 Å². The molecule has 1 N–H and O–H groups in total. The Balaban J connectivity index is 1.68. The van der Waals surface area contributed by atoms with Crippen LogP contribution in [-0.2, 0) is 16.0 Å². The lowest BCUT2D eigenvalue weighted by atomic mass is 10.2. The summed E-state index contributed by atoms with van der Waals surface area (Å²) in [6.07, 6.45) is 4.54. The molecule has 1 fully saturated rings. The number of methoxy groups -OCH3 is 1. The van der Waals surface area contributed by atoms with E-state index in [2.05, 4.69) is 5.10 Å². The van der Waals surface area contributed by atoms with Crippen molar-refractivity contribution in [3.05, 3.63) is 48.3 Å². The third kappa shape index (κ3) is 3.43. The molecule has 1 aliphatic heterocycles. The number of aromatic nitrogens is 2. The Morgan fingerprint density at radius 2 is 2.17 bits per heavy atom. The average molecular weight is 315 g/mol. The van der Waals surface area contributed by atoms with Crippen LogP contribution in [0.5, 0.6) is 0 Å². The van der Waals surface area contributed by atoms with E-state index in [1.54, 1.807) is 22.9 Å². The minimum Gasteiger partial charge on any atom is -0.394 e. The van der Waals surface area contributed by atoms with E-state index >= 15 is 0 Å². The predicted molar refractivity (Wildman–Crippen MR) is 85.3 cm³/mol. The molecule has 2 aromatic rings. The second-order valence-corrected chi connectivity index (χ2v) is 5.78. The van der Waals surface area contributed by atoms with E-state index in [1.807, 2.05) is 36.5 Å². The molecular formula is C17H21N3O3. The number of likely N-dealkylation sites (tertiary alicyclic amines) is 1. The van der Waals surface area contributed by atoms with Gasteiger partial charge >= 0.3 is 0 Å². The summed E-state index contributed by atoms with van der Waals surface area (Å²) in [4.78, 5) is 14.2. The fourth-order valence-corrected chi connectivity index (χ4v) is 2.97. The summed E-state index contributed by atoms with van der Waals surface area (Å²) in [7, 11) is 1.64. The first-order valence-corrected chi connectivity index (χ1v) is 7.73. The van der Waals surface area contributed by atoms with Crippen molar-refractivity contribution in [3.63, 3.8) is 0 Å². The molecule has 2 atom stereocenters. The van der Waals surface area contributed by atoms with Gasteiger partial charge in [-0.2, -0.15) is 5.10 Å². The molecule has 0 unspecified atom stereocenters. The third-order valence-corrected chi connectivity index (χ3v) is 4.25. The van der Waals surface area contributed by atoms with E-state index in [0.717, 1.165) is 11.3 Å². The van der Waals surface area contributed by atoms with E-state index in [-0.39, 0.29) is 31.1 Å². The molecule has 0 spiro atoms. The van der Waals surface area contributed by atoms with Gasteiger partial charge in [0.2, 0.25) is 5.91 Å². The van der Waals surface area contributed by atoms with Gasteiger partial charge in [-0.3, -0.25) is 4.79 Å². The molecule has 0 aliphatic carbocycles. The van der Waals surface area contributed by atoms with Crippen LogP contribution >= 0.6 is 0 Å². The van der Waals surface area contributed by atoms with Crippen LogP contribution in [0.1, 0.15) is 12.0 Å². The van der Waals surface area contributed by atoms with Gasteiger partial charge < -0.3 is 14.7 Å². The minimum atomic E-state index is -0.156. The maximum Gasteiger partial charge on any atom is 0.227 e. The van der Waals surface area contributed by atoms with Crippen LogP contribution in [0.4, 0.5) is 0 Å². The lowest BCUT2D eigenvalue weighted by molar-refractivity contribution is -0.132. The van der Waals surface area contributed by atoms with Gasteiger partial charge in [0.1, 0.15) is 0 Å². The molecule has 1 aliphatic rings. The van der Waals surface area contributed by atoms with Crippen molar-refractivity contribution >= 4 is 5.91 Å². The summed E-state index contributed by atoms with van der Waals surface area (Å²) in [6, 6.07) is 9.61. The van der Waals surface area contributed by atoms with Crippen LogP contribution in [0.3, 0.4) is 0 Å². The van der Waals surface area contributed by atoms with Crippen molar-refractivity contribution in [1.82, 2.24) is 14.7 Å². The van der Waals surface area contributed by atoms with Gasteiger partial charge in [-0.25, -0.2) is 4.68 Å². The van der Waals surface area contributed by atoms with Crippen LogP contribution < -0.4 is 0 Å². The number of aliphatic hydroxyl groups is 1. The first-order valence-electron chi connectivity index (χ1n) is 7.73. The summed E-state index contributed by atoms with van der Waals surface area (Å²) < 4.78 is 7.07. The first kappa shape index (κ1) is 15.7. The van der Waals surface area contributed by atoms with Gasteiger partial charge in [0.15, 0.2) is 0 Å². The summed E-state index contributed by atoms with van der Waals surface area (Å²) in [5.41, 5.74) is 1.82. The molecule has 0 saturated carbocycles. The lowest BCUT2D eigenvalue weighted by Crippen LogP contribution is -2.38. The van der Waals surface area contributed by atoms with Crippen molar-refractivity contribution in [1.29, 1.82) is 0 Å². The normalized spacial score (nSPS) is 20.9. The first-order chi connectivity index (χ1) is 11.2. The number of benzene rings is 1. The summed E-state index contributed by atoms with van der Waals surface area (Å²) in [5, 5.41) is 13.8. The number of hydrogen-bond acceptors (Lipinski definition) is 4. The molecule has 0 radical (unpaired) electrons. The number of para-hydroxylation sites is 1. The van der Waals surface area contributed by atoms with Crippen LogP contribution in [0, 0.1) is 0 Å². The summed E-state index contributed by atoms with van der Waals surface area (Å²) in [6.45, 7) is 0.502. The Hall–Kier alpha value is -2.18. The molecule has 23 heavy (non-hydrogen) atoms. The van der Waals surface area contributed by atoms with Crippen molar-refractivity contribution < 1.29 is 14.6 Å². The Morgan fingerprint density at radius 3 is 2.87 bits per heavy atom. The highest BCUT2D eigenvalue weighted by atomic mass is 16.5.